The maximum atomic E-state index is 4.78. The summed E-state index contributed by atoms with van der Waals surface area (Å²) >= 11 is 0. The maximum Gasteiger partial charge on any atom is 1.00 e. The molecule has 0 radical (unpaired) electrons. The Balaban J connectivity index is 0. The van der Waals surface area contributed by atoms with Crippen LogP contribution in [0.1, 0.15) is 34.5 Å². The molecule has 3 aliphatic heterocycles. The molecule has 0 spiro atoms. The zero-order valence-corrected chi connectivity index (χ0v) is 16.2. The van der Waals surface area contributed by atoms with Gasteiger partial charge in [-0.3, -0.25) is 9.89 Å². The Kier molecular flexibility index (Phi) is 11.3. The van der Waals surface area contributed by atoms with E-state index < -0.39 is 0 Å². The minimum atomic E-state index is 0. The van der Waals surface area contributed by atoms with E-state index in [2.05, 4.69) is 43.0 Å². The van der Waals surface area contributed by atoms with E-state index in [1.54, 1.807) is 0 Å². The third kappa shape index (κ3) is 6.06. The van der Waals surface area contributed by atoms with E-state index in [9.17, 15) is 0 Å². The van der Waals surface area contributed by atoms with Gasteiger partial charge < -0.3 is 5.48 Å². The van der Waals surface area contributed by atoms with Crippen LogP contribution in [0.2, 0.25) is 0 Å². The summed E-state index contributed by atoms with van der Waals surface area (Å²) in [6.07, 6.45) is 3.87. The molecule has 1 aromatic carbocycles. The molecular weight excluding hydrogens is 275 g/mol. The number of nitrogens with zero attached hydrogens (tertiary/aromatic N) is 2. The summed E-state index contributed by atoms with van der Waals surface area (Å²) in [7, 11) is 0. The van der Waals surface area contributed by atoms with Crippen molar-refractivity contribution in [1.29, 1.82) is 0 Å². The molecule has 108 valence electrons. The molecule has 1 N–H and O–H groups in total. The van der Waals surface area contributed by atoms with Crippen LogP contribution < -0.4 is 51.4 Å². The summed E-state index contributed by atoms with van der Waals surface area (Å²) in [6, 6.07) is 10.3. The summed E-state index contributed by atoms with van der Waals surface area (Å²) in [4.78, 5) is 7.29. The normalized spacial score (nSPS) is 25.0. The van der Waals surface area contributed by atoms with Crippen LogP contribution in [0, 0.1) is 5.92 Å². The van der Waals surface area contributed by atoms with Crippen molar-refractivity contribution >= 4 is 11.4 Å². The Bertz CT molecular complexity index is 393. The van der Waals surface area contributed by atoms with Gasteiger partial charge in [-0.15, -0.1) is 0 Å². The molecule has 0 amide bonds. The molecular formula is C16H27KN2O. The first kappa shape index (κ1) is 20.4. The van der Waals surface area contributed by atoms with Crippen LogP contribution in [-0.2, 0) is 0 Å². The van der Waals surface area contributed by atoms with E-state index in [1.165, 1.54) is 38.1 Å². The van der Waals surface area contributed by atoms with E-state index in [4.69, 9.17) is 4.99 Å². The van der Waals surface area contributed by atoms with Crippen LogP contribution in [-0.4, -0.2) is 35.7 Å². The van der Waals surface area contributed by atoms with Crippen molar-refractivity contribution in [3.05, 3.63) is 30.3 Å². The standard InChI is InChI=1S/C13H16N2.C3H8.K.H2O.H2/c1-2-4-12(5-3-1)14-13-10-15-8-6-11(13)7-9-15;1-3-2;;;/h1-5,11H,6-10H2;3H2,1-2H3;;1H2;1H/q;;+1;;/p-1. The number of hydrogen-bond donors (Lipinski definition) is 0. The fraction of sp³-hybridized carbons (Fsp3) is 0.562. The number of fused-ring (bicyclic) bond motifs is 3. The third-order valence-electron chi connectivity index (χ3n) is 3.47. The predicted molar refractivity (Wildman–Crippen MR) is 82.7 cm³/mol. The minimum Gasteiger partial charge on any atom is -0.870 e. The second-order valence-electron chi connectivity index (χ2n) is 5.20. The number of benzene rings is 1. The van der Waals surface area contributed by atoms with Crippen LogP contribution >= 0.6 is 0 Å². The first-order valence-corrected chi connectivity index (χ1v) is 7.18. The fourth-order valence-corrected chi connectivity index (χ4v) is 2.58. The molecule has 0 aliphatic carbocycles. The molecule has 0 atom stereocenters. The van der Waals surface area contributed by atoms with E-state index in [1.807, 2.05) is 6.07 Å². The number of piperidine rings is 3. The number of aliphatic imine (C=N–C) groups is 1. The first-order chi connectivity index (χ1) is 8.83. The SMILES string of the molecule is CCC.[HH].[K+].[OH-].c1ccc(N=C2CN3CCC2CC3)cc1. The van der Waals surface area contributed by atoms with Crippen molar-refractivity contribution in [1.82, 2.24) is 4.90 Å². The van der Waals surface area contributed by atoms with Gasteiger partial charge in [-0.1, -0.05) is 38.5 Å². The summed E-state index contributed by atoms with van der Waals surface area (Å²) in [5.74, 6) is 0.759. The molecule has 0 unspecified atom stereocenters. The molecule has 3 saturated heterocycles. The zero-order chi connectivity index (χ0) is 12.8. The van der Waals surface area contributed by atoms with Gasteiger partial charge in [0, 0.05) is 19.6 Å². The smallest absolute Gasteiger partial charge is 0.870 e. The van der Waals surface area contributed by atoms with Crippen molar-refractivity contribution in [2.45, 2.75) is 33.1 Å². The van der Waals surface area contributed by atoms with E-state index in [0.717, 1.165) is 18.2 Å². The van der Waals surface area contributed by atoms with Crippen molar-refractivity contribution in [3.8, 4) is 0 Å². The van der Waals surface area contributed by atoms with Gasteiger partial charge in [0.05, 0.1) is 5.69 Å². The zero-order valence-electron chi connectivity index (χ0n) is 13.0. The van der Waals surface area contributed by atoms with Crippen LogP contribution in [0.5, 0.6) is 0 Å². The Hall–Kier alpha value is 0.446. The second-order valence-corrected chi connectivity index (χ2v) is 5.20. The van der Waals surface area contributed by atoms with Crippen molar-refractivity contribution < 1.29 is 58.3 Å². The maximum absolute atomic E-state index is 4.78. The summed E-state index contributed by atoms with van der Waals surface area (Å²) < 4.78 is 0. The van der Waals surface area contributed by atoms with Gasteiger partial charge in [0.15, 0.2) is 0 Å². The Labute approximate surface area is 167 Å². The number of hydrogen-bond acceptors (Lipinski definition) is 3. The molecule has 3 heterocycles. The first-order valence-electron chi connectivity index (χ1n) is 7.18. The van der Waals surface area contributed by atoms with Gasteiger partial charge >= 0.3 is 51.4 Å². The largest absolute Gasteiger partial charge is 1.00 e. The van der Waals surface area contributed by atoms with Gasteiger partial charge in [-0.2, -0.15) is 0 Å². The number of rotatable bonds is 1. The van der Waals surface area contributed by atoms with Gasteiger partial charge in [0.25, 0.3) is 0 Å². The van der Waals surface area contributed by atoms with Gasteiger partial charge in [-0.05, 0) is 38.1 Å². The van der Waals surface area contributed by atoms with Crippen molar-refractivity contribution in [3.63, 3.8) is 0 Å². The summed E-state index contributed by atoms with van der Waals surface area (Å²) in [5, 5.41) is 0. The topological polar surface area (TPSA) is 45.6 Å². The van der Waals surface area contributed by atoms with E-state index in [0.29, 0.717) is 0 Å². The molecule has 3 fully saturated rings. The summed E-state index contributed by atoms with van der Waals surface area (Å²) in [5.41, 5.74) is 2.51. The average molecular weight is 303 g/mol. The molecule has 1 aromatic rings. The van der Waals surface area contributed by atoms with Gasteiger partial charge in [-0.25, -0.2) is 0 Å². The number of para-hydroxylation sites is 1. The molecule has 2 bridgehead atoms. The molecule has 0 saturated carbocycles. The van der Waals surface area contributed by atoms with Gasteiger partial charge in [0.1, 0.15) is 0 Å². The van der Waals surface area contributed by atoms with Crippen LogP contribution in [0.4, 0.5) is 5.69 Å². The molecule has 4 heteroatoms. The van der Waals surface area contributed by atoms with Gasteiger partial charge in [0.2, 0.25) is 0 Å². The average Bonchev–Trinajstić information content (AvgIpc) is 2.42. The quantitative estimate of drug-likeness (QED) is 0.726. The van der Waals surface area contributed by atoms with Crippen molar-refractivity contribution in [2.24, 2.45) is 10.9 Å². The minimum absolute atomic E-state index is 0. The third-order valence-corrected chi connectivity index (χ3v) is 3.47. The van der Waals surface area contributed by atoms with Crippen LogP contribution in [0.25, 0.3) is 0 Å². The molecule has 3 aliphatic rings. The van der Waals surface area contributed by atoms with Crippen LogP contribution in [0.3, 0.4) is 0 Å². The molecule has 20 heavy (non-hydrogen) atoms. The van der Waals surface area contributed by atoms with E-state index >= 15 is 0 Å². The molecule has 0 aromatic heterocycles. The Morgan fingerprint density at radius 1 is 1.15 bits per heavy atom. The molecule has 4 rings (SSSR count). The Morgan fingerprint density at radius 3 is 2.15 bits per heavy atom. The predicted octanol–water partition coefficient (Wildman–Crippen LogP) is 0.974. The van der Waals surface area contributed by atoms with E-state index in [-0.39, 0.29) is 58.3 Å². The van der Waals surface area contributed by atoms with Crippen LogP contribution in [0.15, 0.2) is 35.3 Å². The fourth-order valence-electron chi connectivity index (χ4n) is 2.58. The van der Waals surface area contributed by atoms with Crippen molar-refractivity contribution in [2.75, 3.05) is 19.6 Å². The second kappa shape index (κ2) is 11.1. The molecule has 3 nitrogen and oxygen atoms in total. The monoisotopic (exact) mass is 302 g/mol. The Morgan fingerprint density at radius 2 is 1.70 bits per heavy atom. The summed E-state index contributed by atoms with van der Waals surface area (Å²) in [6.45, 7) is 7.90.